The number of amides is 11. The molecule has 11 amide bonds. The standard InChI is InChI=1S/C68H99ClF3N11O11/c1-17-21-49-37-55(85)83(16)59(43(7)8)62(90)75-58(44(9)18-2)65(93)79(12)39-56(86)77(10)40-57(87)80(13)53(36-46-24-29-48(69)30-25-46)64(92)78(11)38-54(84)74-50(31-26-45-22-27-47(28-23-45)68(70,71)72)63(91)81(14)52(35-42(5)6)61(89)76-67(32-19-20-33-67)66(94)82(15)51(34-41(3)4)60(88)73-49/h1,22-25,27-30,41-44,49-53,58-59H,18-21,26,31-40H2,2-16H3,(H,73,88)(H,74,84)(H,75,90)(H,76,89)/t44-,49+,50-,51-,52-,53-,58-,59-/m0/s1. The van der Waals surface area contributed by atoms with Crippen LogP contribution in [-0.2, 0) is 71.8 Å². The minimum atomic E-state index is -4.63. The second-order valence-corrected chi connectivity index (χ2v) is 27.1. The van der Waals surface area contributed by atoms with E-state index in [4.69, 9.17) is 18.0 Å². The molecule has 1 heterocycles. The van der Waals surface area contributed by atoms with Gasteiger partial charge >= 0.3 is 6.18 Å². The minimum Gasteiger partial charge on any atom is -0.350 e. The van der Waals surface area contributed by atoms with Gasteiger partial charge in [-0.1, -0.05) is 111 Å². The highest BCUT2D eigenvalue weighted by molar-refractivity contribution is 6.30. The van der Waals surface area contributed by atoms with Crippen molar-refractivity contribution in [1.29, 1.82) is 0 Å². The van der Waals surface area contributed by atoms with Crippen LogP contribution in [0.15, 0.2) is 48.5 Å². The van der Waals surface area contributed by atoms with Crippen molar-refractivity contribution >= 4 is 76.6 Å². The Hall–Kier alpha value is -7.75. The molecule has 4 rings (SSSR count). The number of aryl methyl sites for hydroxylation is 1. The van der Waals surface area contributed by atoms with Crippen LogP contribution in [0.25, 0.3) is 0 Å². The Bertz CT molecular complexity index is 3040. The van der Waals surface area contributed by atoms with E-state index in [1.807, 2.05) is 34.6 Å². The summed E-state index contributed by atoms with van der Waals surface area (Å²) in [4.78, 5) is 169. The van der Waals surface area contributed by atoms with Crippen LogP contribution >= 0.6 is 11.6 Å². The van der Waals surface area contributed by atoms with E-state index in [0.29, 0.717) is 35.4 Å². The fourth-order valence-corrected chi connectivity index (χ4v) is 12.1. The fourth-order valence-electron chi connectivity index (χ4n) is 12.0. The highest BCUT2D eigenvalue weighted by Gasteiger charge is 2.49. The SMILES string of the molecule is C#CC[C@@H]1CC(=O)N(C)[C@@H](C(C)C)C(=O)N[C@@H]([C@@H](C)CC)C(=O)N(C)CC(=O)N(C)CC(=O)N(C)[C@@H](Cc2ccc(Cl)cc2)C(=O)N(C)CC(=O)N[C@@H](CCc2ccc(C(F)(F)F)cc2)C(=O)N(C)[C@@H](CC(C)C)C(=O)NC2(CCCC2)C(=O)N(C)[C@@H](CC(C)C)C(=O)N1. The highest BCUT2D eigenvalue weighted by atomic mass is 35.5. The Morgan fingerprint density at radius 2 is 1.15 bits per heavy atom. The molecule has 0 unspecified atom stereocenters. The quantitative estimate of drug-likeness (QED) is 0.187. The third-order valence-electron chi connectivity index (χ3n) is 17.9. The van der Waals surface area contributed by atoms with Gasteiger partial charge in [0, 0.05) is 79.7 Å². The topological polar surface area (TPSA) is 259 Å². The lowest BCUT2D eigenvalue weighted by Gasteiger charge is -2.39. The van der Waals surface area contributed by atoms with Gasteiger partial charge < -0.3 is 55.6 Å². The van der Waals surface area contributed by atoms with E-state index < -0.39 is 156 Å². The van der Waals surface area contributed by atoms with Crippen molar-refractivity contribution in [2.75, 3.05) is 69.0 Å². The average Bonchev–Trinajstić information content (AvgIpc) is 1.42. The molecule has 1 saturated heterocycles. The van der Waals surface area contributed by atoms with Crippen molar-refractivity contribution in [2.24, 2.45) is 23.7 Å². The maximum Gasteiger partial charge on any atom is 0.416 e. The average molecular weight is 1340 g/mol. The minimum absolute atomic E-state index is 0.0423. The Kier molecular flexibility index (Phi) is 29.4. The molecule has 1 aliphatic carbocycles. The summed E-state index contributed by atoms with van der Waals surface area (Å²) in [6, 6.07) is 2.19. The number of likely N-dealkylation sites (N-methyl/N-ethyl adjacent to an activating group) is 7. The summed E-state index contributed by atoms with van der Waals surface area (Å²) in [6.45, 7) is 12.5. The summed E-state index contributed by atoms with van der Waals surface area (Å²) in [6.07, 6.45) is 2.28. The molecule has 520 valence electrons. The summed E-state index contributed by atoms with van der Waals surface area (Å²) in [7, 11) is 9.60. The van der Waals surface area contributed by atoms with Crippen LogP contribution in [0.4, 0.5) is 13.2 Å². The zero-order chi connectivity index (χ0) is 70.9. The Balaban J connectivity index is 1.88. The molecule has 26 heteroatoms. The van der Waals surface area contributed by atoms with Crippen LogP contribution in [0.2, 0.25) is 5.02 Å². The van der Waals surface area contributed by atoms with Crippen molar-refractivity contribution in [3.8, 4) is 12.3 Å². The summed E-state index contributed by atoms with van der Waals surface area (Å²) in [5.74, 6) is -6.53. The molecular formula is C68H99ClF3N11O11. The molecule has 22 nitrogen and oxygen atoms in total. The first-order valence-electron chi connectivity index (χ1n) is 32.2. The highest BCUT2D eigenvalue weighted by Crippen LogP contribution is 2.34. The molecule has 1 spiro atoms. The monoisotopic (exact) mass is 1340 g/mol. The molecule has 0 aromatic heterocycles. The Labute approximate surface area is 557 Å². The first kappa shape index (κ1) is 78.7. The van der Waals surface area contributed by atoms with E-state index in [0.717, 1.165) is 36.6 Å². The van der Waals surface area contributed by atoms with E-state index in [-0.39, 0.29) is 69.6 Å². The molecule has 94 heavy (non-hydrogen) atoms. The maximum absolute atomic E-state index is 15.2. The lowest BCUT2D eigenvalue weighted by Crippen LogP contribution is -2.64. The third-order valence-corrected chi connectivity index (χ3v) is 18.1. The van der Waals surface area contributed by atoms with E-state index in [1.54, 1.807) is 45.0 Å². The molecule has 8 atom stereocenters. The van der Waals surface area contributed by atoms with Gasteiger partial charge in [0.25, 0.3) is 0 Å². The van der Waals surface area contributed by atoms with Crippen molar-refractivity contribution in [2.45, 2.75) is 186 Å². The molecule has 2 aromatic carbocycles. The predicted molar refractivity (Wildman–Crippen MR) is 350 cm³/mol. The smallest absolute Gasteiger partial charge is 0.350 e. The first-order valence-corrected chi connectivity index (χ1v) is 32.6. The number of nitrogens with zero attached hydrogens (tertiary/aromatic N) is 7. The van der Waals surface area contributed by atoms with E-state index in [2.05, 4.69) is 27.2 Å². The van der Waals surface area contributed by atoms with Crippen LogP contribution in [0, 0.1) is 36.0 Å². The predicted octanol–water partition coefficient (Wildman–Crippen LogP) is 5.32. The molecule has 0 radical (unpaired) electrons. The second kappa shape index (κ2) is 35.1. The zero-order valence-corrected chi connectivity index (χ0v) is 58.0. The number of terminal acetylenes is 1. The van der Waals surface area contributed by atoms with Crippen LogP contribution < -0.4 is 21.3 Å². The fraction of sp³-hybridized carbons (Fsp3) is 0.632. The Morgan fingerprint density at radius 3 is 1.68 bits per heavy atom. The van der Waals surface area contributed by atoms with Crippen molar-refractivity contribution in [1.82, 2.24) is 55.6 Å². The second-order valence-electron chi connectivity index (χ2n) is 26.7. The summed E-state index contributed by atoms with van der Waals surface area (Å²) in [5, 5.41) is 11.9. The van der Waals surface area contributed by atoms with Gasteiger partial charge in [-0.25, -0.2) is 0 Å². The Morgan fingerprint density at radius 1 is 0.606 bits per heavy atom. The van der Waals surface area contributed by atoms with Crippen LogP contribution in [0.5, 0.6) is 0 Å². The number of nitrogens with one attached hydrogen (secondary N) is 4. The first-order chi connectivity index (χ1) is 43.9. The molecule has 2 fully saturated rings. The van der Waals surface area contributed by atoms with E-state index in [9.17, 15) is 51.5 Å². The number of carbonyl (C=O) groups excluding carboxylic acids is 11. The summed E-state index contributed by atoms with van der Waals surface area (Å²) >= 11 is 6.21. The zero-order valence-electron chi connectivity index (χ0n) is 57.3. The number of halogens is 4. The third kappa shape index (κ3) is 21.6. The van der Waals surface area contributed by atoms with Gasteiger partial charge in [0.2, 0.25) is 65.0 Å². The number of hydrogen-bond acceptors (Lipinski definition) is 11. The molecule has 1 aliphatic heterocycles. The molecule has 0 bridgehead atoms. The van der Waals surface area contributed by atoms with Gasteiger partial charge in [0.05, 0.1) is 25.2 Å². The van der Waals surface area contributed by atoms with Crippen molar-refractivity contribution < 1.29 is 65.9 Å². The number of alkyl halides is 3. The van der Waals surface area contributed by atoms with E-state index >= 15 is 14.4 Å². The molecular weight excluding hydrogens is 1240 g/mol. The van der Waals surface area contributed by atoms with Crippen LogP contribution in [-0.4, -0.2) is 216 Å². The maximum atomic E-state index is 15.2. The van der Waals surface area contributed by atoms with Crippen LogP contribution in [0.1, 0.15) is 136 Å². The number of benzene rings is 2. The lowest BCUT2D eigenvalue weighted by atomic mass is 9.91. The largest absolute Gasteiger partial charge is 0.416 e. The van der Waals surface area contributed by atoms with Crippen molar-refractivity contribution in [3.05, 3.63) is 70.2 Å². The van der Waals surface area contributed by atoms with Gasteiger partial charge in [0.15, 0.2) is 0 Å². The van der Waals surface area contributed by atoms with E-state index in [1.165, 1.54) is 71.3 Å². The molecule has 4 N–H and O–H groups in total. The number of carbonyl (C=O) groups is 11. The number of hydrogen-bond donors (Lipinski definition) is 4. The lowest BCUT2D eigenvalue weighted by molar-refractivity contribution is -0.149. The van der Waals surface area contributed by atoms with Gasteiger partial charge in [-0.3, -0.25) is 52.7 Å². The molecule has 2 aromatic rings. The number of rotatable bonds is 13. The van der Waals surface area contributed by atoms with Gasteiger partial charge in [-0.15, -0.1) is 12.3 Å². The van der Waals surface area contributed by atoms with Crippen LogP contribution in [0.3, 0.4) is 0 Å². The summed E-state index contributed by atoms with van der Waals surface area (Å²) in [5.41, 5.74) is -1.54. The van der Waals surface area contributed by atoms with Gasteiger partial charge in [0.1, 0.15) is 41.8 Å². The normalized spacial score (nSPS) is 23.9. The summed E-state index contributed by atoms with van der Waals surface area (Å²) < 4.78 is 41.0. The van der Waals surface area contributed by atoms with Crippen molar-refractivity contribution in [3.63, 3.8) is 0 Å². The molecule has 2 aliphatic rings. The molecule has 1 saturated carbocycles. The van der Waals surface area contributed by atoms with Gasteiger partial charge in [-0.2, -0.15) is 13.2 Å². The van der Waals surface area contributed by atoms with Gasteiger partial charge in [-0.05, 0) is 97.6 Å².